The first kappa shape index (κ1) is 16.8. The van der Waals surface area contributed by atoms with Gasteiger partial charge < -0.3 is 4.74 Å². The van der Waals surface area contributed by atoms with Crippen LogP contribution in [-0.4, -0.2) is 24.1 Å². The number of Topliss-reactive ketones (excluding diaryl/α,β-unsaturated/α-hetero) is 1. The lowest BCUT2D eigenvalue weighted by Gasteiger charge is -2.06. The van der Waals surface area contributed by atoms with E-state index in [1.54, 1.807) is 0 Å². The third-order valence-corrected chi connectivity index (χ3v) is 3.58. The number of hydrogen-bond acceptors (Lipinski definition) is 4. The van der Waals surface area contributed by atoms with Crippen molar-refractivity contribution in [1.29, 1.82) is 0 Å². The zero-order valence-electron chi connectivity index (χ0n) is 12.3. The molecule has 4 heteroatoms. The monoisotopic (exact) mass is 294 g/mol. The second-order valence-corrected chi connectivity index (χ2v) is 6.10. The van der Waals surface area contributed by atoms with Gasteiger partial charge in [0.15, 0.2) is 5.78 Å². The smallest absolute Gasteiger partial charge is 0.316 e. The van der Waals surface area contributed by atoms with Crippen LogP contribution in [-0.2, 0) is 9.53 Å². The summed E-state index contributed by atoms with van der Waals surface area (Å²) >= 11 is 1.43. The van der Waals surface area contributed by atoms with E-state index in [1.807, 2.05) is 45.0 Å². The van der Waals surface area contributed by atoms with Crippen LogP contribution in [0, 0.1) is 5.92 Å². The van der Waals surface area contributed by atoms with Crippen LogP contribution in [0.4, 0.5) is 0 Å². The van der Waals surface area contributed by atoms with Gasteiger partial charge in [-0.15, -0.1) is 11.8 Å². The first-order valence-electron chi connectivity index (χ1n) is 6.94. The molecular weight excluding hydrogens is 272 g/mol. The molecule has 0 spiro atoms. The molecule has 0 saturated heterocycles. The van der Waals surface area contributed by atoms with E-state index in [9.17, 15) is 9.59 Å². The van der Waals surface area contributed by atoms with Gasteiger partial charge in [0.25, 0.3) is 0 Å². The third-order valence-electron chi connectivity index (χ3n) is 2.59. The highest BCUT2D eigenvalue weighted by molar-refractivity contribution is 8.00. The summed E-state index contributed by atoms with van der Waals surface area (Å²) in [5.74, 6) is 0.639. The zero-order valence-corrected chi connectivity index (χ0v) is 13.2. The molecule has 0 atom stereocenters. The first-order valence-corrected chi connectivity index (χ1v) is 7.93. The van der Waals surface area contributed by atoms with Crippen LogP contribution in [0.25, 0.3) is 0 Å². The van der Waals surface area contributed by atoms with Crippen molar-refractivity contribution in [2.75, 3.05) is 12.4 Å². The van der Waals surface area contributed by atoms with Gasteiger partial charge in [-0.3, -0.25) is 9.59 Å². The Hall–Kier alpha value is -1.29. The lowest BCUT2D eigenvalue weighted by Crippen LogP contribution is -2.07. The zero-order chi connectivity index (χ0) is 15.0. The number of ketones is 1. The van der Waals surface area contributed by atoms with Crippen LogP contribution in [0.2, 0.25) is 0 Å². The maximum atomic E-state index is 11.9. The Bertz CT molecular complexity index is 438. The van der Waals surface area contributed by atoms with Gasteiger partial charge in [-0.25, -0.2) is 0 Å². The van der Waals surface area contributed by atoms with Crippen LogP contribution >= 0.6 is 11.8 Å². The second kappa shape index (κ2) is 8.80. The van der Waals surface area contributed by atoms with Crippen LogP contribution in [0.3, 0.4) is 0 Å². The molecule has 0 saturated carbocycles. The number of carbonyl (C=O) groups excluding carboxylic acids is 2. The molecule has 20 heavy (non-hydrogen) atoms. The van der Waals surface area contributed by atoms with Gasteiger partial charge in [-0.2, -0.15) is 0 Å². The summed E-state index contributed by atoms with van der Waals surface area (Å²) in [4.78, 5) is 24.2. The van der Waals surface area contributed by atoms with Gasteiger partial charge >= 0.3 is 5.97 Å². The molecular formula is C16H22O3S. The van der Waals surface area contributed by atoms with Crippen molar-refractivity contribution < 1.29 is 14.3 Å². The molecule has 0 amide bonds. The van der Waals surface area contributed by atoms with Gasteiger partial charge in [-0.05, 0) is 24.5 Å². The van der Waals surface area contributed by atoms with Crippen molar-refractivity contribution in [3.63, 3.8) is 0 Å². The predicted octanol–water partition coefficient (Wildman–Crippen LogP) is 3.96. The second-order valence-electron chi connectivity index (χ2n) is 5.05. The van der Waals surface area contributed by atoms with Crippen molar-refractivity contribution in [1.82, 2.24) is 0 Å². The molecule has 1 aromatic rings. The molecule has 0 bridgehead atoms. The summed E-state index contributed by atoms with van der Waals surface area (Å²) in [6.07, 6.45) is 1.40. The summed E-state index contributed by atoms with van der Waals surface area (Å²) < 4.78 is 5.00. The number of benzene rings is 1. The van der Waals surface area contributed by atoms with E-state index in [2.05, 4.69) is 0 Å². The highest BCUT2D eigenvalue weighted by Crippen LogP contribution is 2.19. The van der Waals surface area contributed by atoms with Gasteiger partial charge in [0.2, 0.25) is 0 Å². The lowest BCUT2D eigenvalue weighted by atomic mass is 10.0. The number of hydrogen-bond donors (Lipinski definition) is 0. The van der Waals surface area contributed by atoms with E-state index in [0.717, 1.165) is 16.9 Å². The fourth-order valence-corrected chi connectivity index (χ4v) is 2.32. The Morgan fingerprint density at radius 3 is 2.40 bits per heavy atom. The normalized spacial score (nSPS) is 10.6. The SMILES string of the molecule is CCCOC(=O)CSc1ccc(C(=O)CC(C)C)cc1. The minimum absolute atomic E-state index is 0.166. The summed E-state index contributed by atoms with van der Waals surface area (Å²) in [7, 11) is 0. The molecule has 0 aliphatic rings. The quantitative estimate of drug-likeness (QED) is 0.413. The molecule has 0 fully saturated rings. The fraction of sp³-hybridized carbons (Fsp3) is 0.500. The average molecular weight is 294 g/mol. The Kier molecular flexibility index (Phi) is 7.37. The molecule has 1 rings (SSSR count). The van der Waals surface area contributed by atoms with E-state index < -0.39 is 0 Å². The number of thioether (sulfide) groups is 1. The predicted molar refractivity (Wildman–Crippen MR) is 82.2 cm³/mol. The van der Waals surface area contributed by atoms with Crippen molar-refractivity contribution in [2.24, 2.45) is 5.92 Å². The Balaban J connectivity index is 2.46. The Morgan fingerprint density at radius 1 is 1.20 bits per heavy atom. The average Bonchev–Trinajstić information content (AvgIpc) is 2.42. The summed E-state index contributed by atoms with van der Waals surface area (Å²) in [5, 5.41) is 0. The van der Waals surface area contributed by atoms with Crippen molar-refractivity contribution in [2.45, 2.75) is 38.5 Å². The standard InChI is InChI=1S/C16H22O3S/c1-4-9-19-16(18)11-20-14-7-5-13(6-8-14)15(17)10-12(2)3/h5-8,12H,4,9-11H2,1-3H3. The molecule has 110 valence electrons. The van der Waals surface area contributed by atoms with E-state index in [4.69, 9.17) is 4.74 Å². The van der Waals surface area contributed by atoms with Crippen LogP contribution < -0.4 is 0 Å². The van der Waals surface area contributed by atoms with Gasteiger partial charge in [0.1, 0.15) is 0 Å². The maximum absolute atomic E-state index is 11.9. The molecule has 0 N–H and O–H groups in total. The first-order chi connectivity index (χ1) is 9.52. The summed E-state index contributed by atoms with van der Waals surface area (Å²) in [5.41, 5.74) is 0.733. The van der Waals surface area contributed by atoms with E-state index in [-0.39, 0.29) is 11.8 Å². The Morgan fingerprint density at radius 2 is 1.85 bits per heavy atom. The van der Waals surface area contributed by atoms with Crippen LogP contribution in [0.1, 0.15) is 44.0 Å². The van der Waals surface area contributed by atoms with Crippen LogP contribution in [0.15, 0.2) is 29.2 Å². The number of ether oxygens (including phenoxy) is 1. The molecule has 0 heterocycles. The molecule has 0 unspecified atom stereocenters. The minimum Gasteiger partial charge on any atom is -0.465 e. The van der Waals surface area contributed by atoms with Gasteiger partial charge in [0.05, 0.1) is 12.4 Å². The summed E-state index contributed by atoms with van der Waals surface area (Å²) in [6.45, 7) is 6.50. The minimum atomic E-state index is -0.197. The van der Waals surface area contributed by atoms with Crippen molar-refractivity contribution in [3.05, 3.63) is 29.8 Å². The molecule has 0 radical (unpaired) electrons. The molecule has 0 aliphatic carbocycles. The van der Waals surface area contributed by atoms with E-state index >= 15 is 0 Å². The number of rotatable bonds is 8. The molecule has 0 aliphatic heterocycles. The number of carbonyl (C=O) groups is 2. The molecule has 1 aromatic carbocycles. The van der Waals surface area contributed by atoms with Crippen molar-refractivity contribution in [3.8, 4) is 0 Å². The van der Waals surface area contributed by atoms with Gasteiger partial charge in [-0.1, -0.05) is 32.9 Å². The molecule has 3 nitrogen and oxygen atoms in total. The maximum Gasteiger partial charge on any atom is 0.316 e. The highest BCUT2D eigenvalue weighted by atomic mass is 32.2. The summed E-state index contributed by atoms with van der Waals surface area (Å²) in [6, 6.07) is 7.41. The van der Waals surface area contributed by atoms with Crippen LogP contribution in [0.5, 0.6) is 0 Å². The van der Waals surface area contributed by atoms with Gasteiger partial charge in [0, 0.05) is 16.9 Å². The van der Waals surface area contributed by atoms with E-state index in [0.29, 0.717) is 24.7 Å². The third kappa shape index (κ3) is 6.24. The largest absolute Gasteiger partial charge is 0.465 e. The lowest BCUT2D eigenvalue weighted by molar-refractivity contribution is -0.140. The van der Waals surface area contributed by atoms with Crippen molar-refractivity contribution >= 4 is 23.5 Å². The number of esters is 1. The topological polar surface area (TPSA) is 43.4 Å². The molecule has 0 aromatic heterocycles. The van der Waals surface area contributed by atoms with E-state index in [1.165, 1.54) is 11.8 Å². The highest BCUT2D eigenvalue weighted by Gasteiger charge is 2.09. The fourth-order valence-electron chi connectivity index (χ4n) is 1.63. The Labute approximate surface area is 125 Å².